The van der Waals surface area contributed by atoms with Gasteiger partial charge in [0.25, 0.3) is 5.91 Å². The zero-order valence-electron chi connectivity index (χ0n) is 16.8. The molecule has 5 heteroatoms. The van der Waals surface area contributed by atoms with Gasteiger partial charge in [-0.1, -0.05) is 48.0 Å². The predicted octanol–water partition coefficient (Wildman–Crippen LogP) is 7.25. The van der Waals surface area contributed by atoms with Crippen molar-refractivity contribution in [3.63, 3.8) is 0 Å². The lowest BCUT2D eigenvalue weighted by Gasteiger charge is -2.09. The van der Waals surface area contributed by atoms with Crippen LogP contribution in [0.25, 0.3) is 21.2 Å². The minimum Gasteiger partial charge on any atom is -0.352 e. The van der Waals surface area contributed by atoms with Crippen molar-refractivity contribution in [3.05, 3.63) is 82.0 Å². The first-order valence-electron chi connectivity index (χ1n) is 10.2. The summed E-state index contributed by atoms with van der Waals surface area (Å²) >= 11 is 7.83. The average Bonchev–Trinajstić information content (AvgIpc) is 3.08. The number of carbonyl (C=O) groups excluding carboxylic acids is 1. The molecule has 1 aliphatic rings. The Morgan fingerprint density at radius 2 is 2.07 bits per heavy atom. The zero-order valence-corrected chi connectivity index (χ0v) is 18.3. The van der Waals surface area contributed by atoms with Gasteiger partial charge in [-0.05, 0) is 72.9 Å². The summed E-state index contributed by atoms with van der Waals surface area (Å²) in [7, 11) is 0. The van der Waals surface area contributed by atoms with Crippen molar-refractivity contribution in [2.24, 2.45) is 5.92 Å². The normalized spacial score (nSPS) is 16.7. The van der Waals surface area contributed by atoms with Crippen LogP contribution in [0.1, 0.15) is 35.0 Å². The molecule has 0 bridgehead atoms. The van der Waals surface area contributed by atoms with Gasteiger partial charge < -0.3 is 5.32 Å². The third kappa shape index (κ3) is 4.50. The van der Waals surface area contributed by atoms with Crippen LogP contribution in [0.3, 0.4) is 0 Å². The van der Waals surface area contributed by atoms with Crippen LogP contribution in [-0.2, 0) is 6.42 Å². The fraction of sp³-hybridized carbons (Fsp3) is 0.240. The molecule has 154 valence electrons. The van der Waals surface area contributed by atoms with Gasteiger partial charge in [0, 0.05) is 21.7 Å². The first-order valence-corrected chi connectivity index (χ1v) is 11.4. The molecule has 1 aromatic heterocycles. The Labute approximate surface area is 185 Å². The van der Waals surface area contributed by atoms with Gasteiger partial charge in [0.1, 0.15) is 5.83 Å². The number of allylic oxidation sites excluding steroid dienone is 4. The Bertz CT molecular complexity index is 1150. The van der Waals surface area contributed by atoms with Gasteiger partial charge in [0.2, 0.25) is 0 Å². The van der Waals surface area contributed by atoms with Crippen LogP contribution in [0.5, 0.6) is 0 Å². The lowest BCUT2D eigenvalue weighted by Crippen LogP contribution is -2.22. The van der Waals surface area contributed by atoms with Gasteiger partial charge in [-0.15, -0.1) is 11.3 Å². The van der Waals surface area contributed by atoms with Crippen LogP contribution < -0.4 is 5.32 Å². The van der Waals surface area contributed by atoms with Crippen LogP contribution in [0.2, 0.25) is 0 Å². The number of benzene rings is 2. The lowest BCUT2D eigenvalue weighted by molar-refractivity contribution is 0.0956. The molecule has 1 atom stereocenters. The van der Waals surface area contributed by atoms with Crippen LogP contribution in [-0.4, -0.2) is 12.5 Å². The predicted molar refractivity (Wildman–Crippen MR) is 125 cm³/mol. The first kappa shape index (κ1) is 20.8. The zero-order chi connectivity index (χ0) is 21.1. The van der Waals surface area contributed by atoms with Gasteiger partial charge in [-0.3, -0.25) is 4.79 Å². The van der Waals surface area contributed by atoms with E-state index in [9.17, 15) is 9.18 Å². The maximum absolute atomic E-state index is 13.7. The molecule has 0 spiro atoms. The highest BCUT2D eigenvalue weighted by Crippen LogP contribution is 2.37. The number of hydrogen-bond acceptors (Lipinski definition) is 2. The summed E-state index contributed by atoms with van der Waals surface area (Å²) in [5.41, 5.74) is 2.81. The highest BCUT2D eigenvalue weighted by atomic mass is 35.5. The number of hydrogen-bond donors (Lipinski definition) is 1. The summed E-state index contributed by atoms with van der Waals surface area (Å²) in [6.45, 7) is 2.52. The van der Waals surface area contributed by atoms with Gasteiger partial charge in [-0.25, -0.2) is 4.39 Å². The van der Waals surface area contributed by atoms with E-state index < -0.39 is 0 Å². The molecule has 2 nitrogen and oxygen atoms in total. The van der Waals surface area contributed by atoms with Gasteiger partial charge >= 0.3 is 0 Å². The monoisotopic (exact) mass is 439 g/mol. The molecule has 4 rings (SSSR count). The van der Waals surface area contributed by atoms with Crippen LogP contribution in [0.4, 0.5) is 4.39 Å². The van der Waals surface area contributed by atoms with E-state index in [0.29, 0.717) is 18.5 Å². The Morgan fingerprint density at radius 1 is 1.23 bits per heavy atom. The van der Waals surface area contributed by atoms with Crippen molar-refractivity contribution < 1.29 is 9.18 Å². The fourth-order valence-corrected chi connectivity index (χ4v) is 5.39. The molecule has 0 saturated heterocycles. The lowest BCUT2D eigenvalue weighted by atomic mass is 9.98. The molecule has 0 saturated carbocycles. The van der Waals surface area contributed by atoms with Crippen LogP contribution in [0.15, 0.2) is 71.5 Å². The van der Waals surface area contributed by atoms with Crippen LogP contribution >= 0.6 is 22.9 Å². The maximum atomic E-state index is 13.7. The SMILES string of the molecule is CCNC(=O)c1cccc(-c2cccc3cc(CC4C=C(Cl)C(F)=CCC4)sc23)c1. The van der Waals surface area contributed by atoms with E-state index in [0.717, 1.165) is 24.0 Å². The summed E-state index contributed by atoms with van der Waals surface area (Å²) in [5, 5.41) is 4.26. The van der Waals surface area contributed by atoms with E-state index in [1.807, 2.05) is 37.3 Å². The molecular formula is C25H23ClFNOS. The largest absolute Gasteiger partial charge is 0.352 e. The second-order valence-electron chi connectivity index (χ2n) is 7.49. The average molecular weight is 440 g/mol. The van der Waals surface area contributed by atoms with Crippen LogP contribution in [0, 0.1) is 5.92 Å². The Hall–Kier alpha value is -2.43. The minimum atomic E-state index is -0.315. The van der Waals surface area contributed by atoms with Gasteiger partial charge in [0.05, 0.1) is 5.03 Å². The van der Waals surface area contributed by atoms with Gasteiger partial charge in [0.15, 0.2) is 0 Å². The summed E-state index contributed by atoms with van der Waals surface area (Å²) < 4.78 is 14.9. The second kappa shape index (κ2) is 9.15. The molecule has 30 heavy (non-hydrogen) atoms. The molecule has 1 aliphatic carbocycles. The smallest absolute Gasteiger partial charge is 0.251 e. The molecule has 1 unspecified atom stereocenters. The van der Waals surface area contributed by atoms with Crippen molar-refractivity contribution in [1.29, 1.82) is 0 Å². The highest BCUT2D eigenvalue weighted by molar-refractivity contribution is 7.19. The summed E-state index contributed by atoms with van der Waals surface area (Å²) in [5.74, 6) is -0.152. The molecule has 1 heterocycles. The molecule has 1 N–H and O–H groups in total. The second-order valence-corrected chi connectivity index (χ2v) is 9.03. The molecule has 0 radical (unpaired) electrons. The quantitative estimate of drug-likeness (QED) is 0.445. The van der Waals surface area contributed by atoms with Crippen molar-refractivity contribution >= 4 is 38.9 Å². The number of carbonyl (C=O) groups is 1. The highest BCUT2D eigenvalue weighted by Gasteiger charge is 2.16. The van der Waals surface area contributed by atoms with E-state index >= 15 is 0 Å². The van der Waals surface area contributed by atoms with Crippen molar-refractivity contribution in [3.8, 4) is 11.1 Å². The topological polar surface area (TPSA) is 29.1 Å². The first-order chi connectivity index (χ1) is 14.5. The van der Waals surface area contributed by atoms with E-state index in [4.69, 9.17) is 11.6 Å². The number of rotatable bonds is 5. The van der Waals surface area contributed by atoms with E-state index in [1.165, 1.54) is 15.0 Å². The summed E-state index contributed by atoms with van der Waals surface area (Å²) in [6, 6.07) is 16.2. The van der Waals surface area contributed by atoms with E-state index in [2.05, 4.69) is 29.6 Å². The molecule has 0 aliphatic heterocycles. The molecule has 2 aromatic carbocycles. The van der Waals surface area contributed by atoms with Gasteiger partial charge in [-0.2, -0.15) is 0 Å². The third-order valence-corrected chi connectivity index (χ3v) is 6.82. The molecule has 3 aromatic rings. The summed E-state index contributed by atoms with van der Waals surface area (Å²) in [4.78, 5) is 13.5. The van der Waals surface area contributed by atoms with Crippen molar-refractivity contribution in [1.82, 2.24) is 5.32 Å². The number of amides is 1. The molecule has 1 amide bonds. The molecular weight excluding hydrogens is 417 g/mol. The molecule has 0 fully saturated rings. The third-order valence-electron chi connectivity index (χ3n) is 5.30. The standard InChI is InChI=1S/C25H23ClFNOS/c1-2-28-25(29)19-9-4-7-17(14-19)21-10-5-8-18-15-20(30-24(18)21)12-16-6-3-11-23(27)22(26)13-16/h4-5,7-11,13-16H,2-3,6,12H2,1H3,(H,28,29). The van der Waals surface area contributed by atoms with Crippen molar-refractivity contribution in [2.75, 3.05) is 6.54 Å². The minimum absolute atomic E-state index is 0.0590. The van der Waals surface area contributed by atoms with E-state index in [-0.39, 0.29) is 22.7 Å². The van der Waals surface area contributed by atoms with Crippen molar-refractivity contribution in [2.45, 2.75) is 26.2 Å². The Morgan fingerprint density at radius 3 is 2.90 bits per heavy atom. The number of nitrogens with one attached hydrogen (secondary N) is 1. The fourth-order valence-electron chi connectivity index (χ4n) is 3.85. The number of thiophene rings is 1. The number of fused-ring (bicyclic) bond motifs is 1. The Kier molecular flexibility index (Phi) is 6.35. The number of halogens is 2. The maximum Gasteiger partial charge on any atom is 0.251 e. The Balaban J connectivity index is 1.65. The summed E-state index contributed by atoms with van der Waals surface area (Å²) in [6.07, 6.45) is 5.85. The van der Waals surface area contributed by atoms with E-state index in [1.54, 1.807) is 17.4 Å².